The summed E-state index contributed by atoms with van der Waals surface area (Å²) in [6.07, 6.45) is 0. The molecule has 0 saturated heterocycles. The molecule has 2 aromatic carbocycles. The molecule has 0 radical (unpaired) electrons. The molecular weight excluding hydrogens is 489 g/mol. The van der Waals surface area contributed by atoms with Crippen molar-refractivity contribution in [1.29, 1.82) is 0 Å². The fourth-order valence-electron chi connectivity index (χ4n) is 3.64. The zero-order valence-electron chi connectivity index (χ0n) is 18.6. The minimum Gasteiger partial charge on any atom is -0.461 e. The summed E-state index contributed by atoms with van der Waals surface area (Å²) in [7, 11) is 0. The van der Waals surface area contributed by atoms with Gasteiger partial charge in [0.1, 0.15) is 22.0 Å². The number of fused-ring (bicyclic) bond motifs is 2. The van der Waals surface area contributed by atoms with Crippen LogP contribution < -0.4 is 16.5 Å². The van der Waals surface area contributed by atoms with Gasteiger partial charge in [0.25, 0.3) is 11.5 Å². The Morgan fingerprint density at radius 1 is 1.14 bits per heavy atom. The second-order valence-corrected chi connectivity index (χ2v) is 8.44. The summed E-state index contributed by atoms with van der Waals surface area (Å²) in [6, 6.07) is 13.1. The van der Waals surface area contributed by atoms with E-state index in [0.717, 1.165) is 28.2 Å². The minimum absolute atomic E-state index is 0.0131. The van der Waals surface area contributed by atoms with Gasteiger partial charge in [0.05, 0.1) is 17.7 Å². The molecule has 1 N–H and O–H groups in total. The van der Waals surface area contributed by atoms with E-state index in [1.54, 1.807) is 31.2 Å². The molecule has 5 rings (SSSR count). The van der Waals surface area contributed by atoms with Gasteiger partial charge in [0.15, 0.2) is 5.69 Å². The quantitative estimate of drug-likeness (QED) is 0.282. The summed E-state index contributed by atoms with van der Waals surface area (Å²) in [5.41, 5.74) is -1.39. The number of halogens is 1. The molecular formula is C25H16FN3O6S. The van der Waals surface area contributed by atoms with E-state index in [0.29, 0.717) is 11.0 Å². The van der Waals surface area contributed by atoms with Crippen LogP contribution in [0.5, 0.6) is 0 Å². The van der Waals surface area contributed by atoms with Crippen LogP contribution in [0.2, 0.25) is 0 Å². The van der Waals surface area contributed by atoms with E-state index in [1.165, 1.54) is 23.6 Å². The van der Waals surface area contributed by atoms with Crippen molar-refractivity contribution >= 4 is 50.0 Å². The molecule has 0 unspecified atom stereocenters. The second kappa shape index (κ2) is 9.19. The number of nitrogens with one attached hydrogen (secondary N) is 1. The average molecular weight is 505 g/mol. The summed E-state index contributed by atoms with van der Waals surface area (Å²) < 4.78 is 24.7. The van der Waals surface area contributed by atoms with Crippen LogP contribution >= 0.6 is 11.3 Å². The van der Waals surface area contributed by atoms with Crippen LogP contribution in [-0.2, 0) is 4.74 Å². The Bertz CT molecular complexity index is 1770. The van der Waals surface area contributed by atoms with Gasteiger partial charge in [0.2, 0.25) is 0 Å². The predicted molar refractivity (Wildman–Crippen MR) is 132 cm³/mol. The molecule has 36 heavy (non-hydrogen) atoms. The van der Waals surface area contributed by atoms with E-state index in [1.807, 2.05) is 0 Å². The van der Waals surface area contributed by atoms with E-state index in [-0.39, 0.29) is 39.3 Å². The lowest BCUT2D eigenvalue weighted by atomic mass is 10.1. The van der Waals surface area contributed by atoms with Crippen molar-refractivity contribution in [2.75, 3.05) is 11.9 Å². The number of carbonyl (C=O) groups is 2. The Balaban J connectivity index is 1.65. The lowest BCUT2D eigenvalue weighted by Gasteiger charge is -2.10. The molecule has 0 aliphatic carbocycles. The SMILES string of the molecule is CCOC(=O)c1nn(-c2ccc(F)cc2)c(=O)c2c(NC(=O)c3cc4ccccc4oc3=O)scc12. The van der Waals surface area contributed by atoms with Crippen molar-refractivity contribution in [3.8, 4) is 5.69 Å². The number of amides is 1. The molecule has 5 aromatic rings. The predicted octanol–water partition coefficient (Wildman–Crippen LogP) is 4.12. The number of thiophene rings is 1. The molecule has 11 heteroatoms. The molecule has 1 amide bonds. The molecule has 9 nitrogen and oxygen atoms in total. The van der Waals surface area contributed by atoms with Crippen molar-refractivity contribution in [3.63, 3.8) is 0 Å². The van der Waals surface area contributed by atoms with Crippen molar-refractivity contribution in [1.82, 2.24) is 9.78 Å². The van der Waals surface area contributed by atoms with Gasteiger partial charge in [-0.25, -0.2) is 14.0 Å². The summed E-state index contributed by atoms with van der Waals surface area (Å²) in [5, 5.41) is 9.02. The Kier molecular flexibility index (Phi) is 5.90. The average Bonchev–Trinajstić information content (AvgIpc) is 3.28. The summed E-state index contributed by atoms with van der Waals surface area (Å²) >= 11 is 0.980. The van der Waals surface area contributed by atoms with Gasteiger partial charge < -0.3 is 14.5 Å². The van der Waals surface area contributed by atoms with Crippen LogP contribution in [0.3, 0.4) is 0 Å². The number of anilines is 1. The number of para-hydroxylation sites is 1. The number of rotatable bonds is 5. The molecule has 0 atom stereocenters. The first kappa shape index (κ1) is 23.1. The van der Waals surface area contributed by atoms with Crippen molar-refractivity contribution in [2.45, 2.75) is 6.92 Å². The van der Waals surface area contributed by atoms with E-state index < -0.39 is 28.9 Å². The van der Waals surface area contributed by atoms with Crippen LogP contribution in [0.1, 0.15) is 27.8 Å². The fourth-order valence-corrected chi connectivity index (χ4v) is 4.57. The topological polar surface area (TPSA) is 120 Å². The lowest BCUT2D eigenvalue weighted by molar-refractivity contribution is 0.0520. The van der Waals surface area contributed by atoms with Gasteiger partial charge in [-0.05, 0) is 43.3 Å². The first-order chi connectivity index (χ1) is 17.4. The molecule has 0 aliphatic heterocycles. The van der Waals surface area contributed by atoms with E-state index in [2.05, 4.69) is 10.4 Å². The monoisotopic (exact) mass is 505 g/mol. The first-order valence-electron chi connectivity index (χ1n) is 10.7. The van der Waals surface area contributed by atoms with Crippen molar-refractivity contribution in [2.24, 2.45) is 0 Å². The normalized spacial score (nSPS) is 11.1. The van der Waals surface area contributed by atoms with Crippen LogP contribution in [0.25, 0.3) is 27.4 Å². The maximum atomic E-state index is 13.5. The van der Waals surface area contributed by atoms with Gasteiger partial charge in [-0.1, -0.05) is 18.2 Å². The van der Waals surface area contributed by atoms with Gasteiger partial charge in [0, 0.05) is 16.2 Å². The smallest absolute Gasteiger partial charge is 0.359 e. The van der Waals surface area contributed by atoms with Crippen LogP contribution in [0, 0.1) is 5.82 Å². The highest BCUT2D eigenvalue weighted by atomic mass is 32.1. The molecule has 0 fully saturated rings. The van der Waals surface area contributed by atoms with Gasteiger partial charge in [-0.3, -0.25) is 9.59 Å². The third-order valence-electron chi connectivity index (χ3n) is 5.31. The fraction of sp³-hybridized carbons (Fsp3) is 0.0800. The highest BCUT2D eigenvalue weighted by Gasteiger charge is 2.24. The number of carbonyl (C=O) groups excluding carboxylic acids is 2. The van der Waals surface area contributed by atoms with Gasteiger partial charge in [-0.2, -0.15) is 9.78 Å². The number of hydrogen-bond acceptors (Lipinski definition) is 8. The van der Waals surface area contributed by atoms with E-state index in [9.17, 15) is 23.6 Å². The van der Waals surface area contributed by atoms with Crippen molar-refractivity contribution in [3.05, 3.63) is 97.8 Å². The van der Waals surface area contributed by atoms with Crippen molar-refractivity contribution < 1.29 is 23.1 Å². The molecule has 0 bridgehead atoms. The molecule has 0 spiro atoms. The number of nitrogens with zero attached hydrogens (tertiary/aromatic N) is 2. The number of ether oxygens (including phenoxy) is 1. The number of benzene rings is 2. The zero-order valence-corrected chi connectivity index (χ0v) is 19.4. The Morgan fingerprint density at radius 2 is 1.89 bits per heavy atom. The molecule has 180 valence electrons. The van der Waals surface area contributed by atoms with Crippen LogP contribution in [0.4, 0.5) is 9.39 Å². The summed E-state index contributed by atoms with van der Waals surface area (Å²) in [5.74, 6) is -2.08. The van der Waals surface area contributed by atoms with E-state index >= 15 is 0 Å². The minimum atomic E-state index is -0.843. The zero-order chi connectivity index (χ0) is 25.4. The van der Waals surface area contributed by atoms with E-state index in [4.69, 9.17) is 9.15 Å². The van der Waals surface area contributed by atoms with Gasteiger partial charge >= 0.3 is 11.6 Å². The maximum Gasteiger partial charge on any atom is 0.359 e. The van der Waals surface area contributed by atoms with Crippen LogP contribution in [0.15, 0.2) is 74.0 Å². The summed E-state index contributed by atoms with van der Waals surface area (Å²) in [6.45, 7) is 1.70. The molecule has 3 aromatic heterocycles. The third-order valence-corrected chi connectivity index (χ3v) is 6.20. The Morgan fingerprint density at radius 3 is 2.64 bits per heavy atom. The lowest BCUT2D eigenvalue weighted by Crippen LogP contribution is -2.26. The van der Waals surface area contributed by atoms with Crippen LogP contribution in [-0.4, -0.2) is 28.3 Å². The highest BCUT2D eigenvalue weighted by Crippen LogP contribution is 2.31. The maximum absolute atomic E-state index is 13.5. The number of esters is 1. The first-order valence-corrected chi connectivity index (χ1v) is 11.6. The molecule has 3 heterocycles. The third kappa shape index (κ3) is 4.05. The Hall–Kier alpha value is -4.64. The molecule has 0 aliphatic rings. The molecule has 0 saturated carbocycles. The van der Waals surface area contributed by atoms with Gasteiger partial charge in [-0.15, -0.1) is 11.3 Å². The second-order valence-electron chi connectivity index (χ2n) is 7.56. The largest absolute Gasteiger partial charge is 0.461 e. The highest BCUT2D eigenvalue weighted by molar-refractivity contribution is 7.16. The number of hydrogen-bond donors (Lipinski definition) is 1. The summed E-state index contributed by atoms with van der Waals surface area (Å²) in [4.78, 5) is 51.5. The standard InChI is InChI=1S/C25H16FN3O6S/c1-2-34-25(33)20-17-12-36-22(19(17)23(31)29(28-20)15-9-7-14(26)8-10-15)27-21(30)16-11-13-5-3-4-6-18(13)35-24(16)32/h3-12H,2H2,1H3,(H,27,30). The number of aromatic nitrogens is 2. The Labute approximate surface area is 205 Å².